The standard InChI is InChI=1S/C27H26F2N2O3S/c1-16(2)18-8-10-19(11-9-18)31-24(33)22(14-17-6-12-20(13-7-17)34-26(28)29)35-25(31)21(15-30)23(32)27(3,4)5/h6-14,16,26H,1-5H3/b22-14+,25-21+. The topological polar surface area (TPSA) is 72.1 Å². The summed E-state index contributed by atoms with van der Waals surface area (Å²) in [7, 11) is 0. The number of nitrogens with zero attached hydrogens (tertiary/aromatic N) is 2. The van der Waals surface area contributed by atoms with Crippen LogP contribution < -0.4 is 19.5 Å². The Labute approximate surface area is 206 Å². The first-order valence-electron chi connectivity index (χ1n) is 11.0. The van der Waals surface area contributed by atoms with Crippen LogP contribution >= 0.6 is 11.3 Å². The molecular weight excluding hydrogens is 470 g/mol. The second kappa shape index (κ2) is 10.4. The van der Waals surface area contributed by atoms with Crippen molar-refractivity contribution in [2.45, 2.75) is 47.1 Å². The lowest BCUT2D eigenvalue weighted by Crippen LogP contribution is -2.33. The first-order chi connectivity index (χ1) is 16.4. The Hall–Kier alpha value is -3.57. The van der Waals surface area contributed by atoms with Crippen molar-refractivity contribution in [2.24, 2.45) is 5.41 Å². The SMILES string of the molecule is CC(C)c1ccc(-n2c(=O)/c(=C\c3ccc(OC(F)F)cc3)s/c2=C(\C#N)C(=O)C(C)(C)C)cc1. The maximum absolute atomic E-state index is 13.5. The second-order valence-corrected chi connectivity index (χ2v) is 10.3. The molecule has 0 aliphatic carbocycles. The molecule has 0 unspecified atom stereocenters. The lowest BCUT2D eigenvalue weighted by atomic mass is 9.87. The number of rotatable bonds is 6. The smallest absolute Gasteiger partial charge is 0.387 e. The van der Waals surface area contributed by atoms with E-state index in [1.54, 1.807) is 51.1 Å². The van der Waals surface area contributed by atoms with Crippen LogP contribution in [-0.4, -0.2) is 17.0 Å². The van der Waals surface area contributed by atoms with Crippen LogP contribution in [0.15, 0.2) is 53.3 Å². The van der Waals surface area contributed by atoms with Gasteiger partial charge in [0.2, 0.25) is 0 Å². The molecule has 0 saturated carbocycles. The summed E-state index contributed by atoms with van der Waals surface area (Å²) in [5.74, 6) is -0.0660. The van der Waals surface area contributed by atoms with E-state index >= 15 is 0 Å². The third kappa shape index (κ3) is 5.92. The molecule has 0 saturated heterocycles. The number of carbonyl (C=O) groups excluding carboxylic acids is 1. The van der Waals surface area contributed by atoms with Crippen molar-refractivity contribution in [1.82, 2.24) is 4.57 Å². The number of nitriles is 1. The third-order valence-electron chi connectivity index (χ3n) is 5.28. The summed E-state index contributed by atoms with van der Waals surface area (Å²) in [5, 5.41) is 9.89. The van der Waals surface area contributed by atoms with Crippen molar-refractivity contribution in [1.29, 1.82) is 5.26 Å². The van der Waals surface area contributed by atoms with Crippen LogP contribution in [0.5, 0.6) is 5.75 Å². The maximum Gasteiger partial charge on any atom is 0.387 e. The van der Waals surface area contributed by atoms with Crippen LogP contribution in [0.2, 0.25) is 0 Å². The molecule has 1 aromatic heterocycles. The Balaban J connectivity index is 2.29. The van der Waals surface area contributed by atoms with Crippen LogP contribution in [-0.2, 0) is 4.79 Å². The Morgan fingerprint density at radius 3 is 2.17 bits per heavy atom. The number of ether oxygens (including phenoxy) is 1. The molecule has 2 aromatic carbocycles. The average molecular weight is 497 g/mol. The molecule has 0 aliphatic rings. The zero-order chi connectivity index (χ0) is 25.9. The molecule has 3 rings (SSSR count). The molecule has 1 heterocycles. The van der Waals surface area contributed by atoms with Gasteiger partial charge in [0, 0.05) is 5.41 Å². The van der Waals surface area contributed by atoms with Gasteiger partial charge in [0.15, 0.2) is 5.78 Å². The molecule has 5 nitrogen and oxygen atoms in total. The lowest BCUT2D eigenvalue weighted by molar-refractivity contribution is -0.120. The number of benzene rings is 2. The van der Waals surface area contributed by atoms with Crippen LogP contribution in [0.4, 0.5) is 8.78 Å². The van der Waals surface area contributed by atoms with Crippen LogP contribution in [0.3, 0.4) is 0 Å². The van der Waals surface area contributed by atoms with E-state index < -0.39 is 12.0 Å². The highest BCUT2D eigenvalue weighted by Gasteiger charge is 2.27. The van der Waals surface area contributed by atoms with Crippen molar-refractivity contribution < 1.29 is 18.3 Å². The Kier molecular flexibility index (Phi) is 7.71. The van der Waals surface area contributed by atoms with E-state index in [1.165, 1.54) is 16.7 Å². The third-order valence-corrected chi connectivity index (χ3v) is 6.37. The van der Waals surface area contributed by atoms with Gasteiger partial charge < -0.3 is 4.74 Å². The molecule has 3 aromatic rings. The fourth-order valence-electron chi connectivity index (χ4n) is 3.36. The number of thiazole rings is 1. The summed E-state index contributed by atoms with van der Waals surface area (Å²) < 4.78 is 31.2. The molecule has 0 aliphatic heterocycles. The molecule has 0 fully saturated rings. The van der Waals surface area contributed by atoms with Gasteiger partial charge >= 0.3 is 6.61 Å². The first-order valence-corrected chi connectivity index (χ1v) is 11.8. The van der Waals surface area contributed by atoms with Crippen molar-refractivity contribution in [3.63, 3.8) is 0 Å². The summed E-state index contributed by atoms with van der Waals surface area (Å²) >= 11 is 1.04. The van der Waals surface area contributed by atoms with E-state index in [0.29, 0.717) is 21.7 Å². The van der Waals surface area contributed by atoms with Gasteiger partial charge in [-0.1, -0.05) is 58.9 Å². The van der Waals surface area contributed by atoms with Crippen LogP contribution in [0.25, 0.3) is 17.3 Å². The Morgan fingerprint density at radius 1 is 1.09 bits per heavy atom. The summed E-state index contributed by atoms with van der Waals surface area (Å²) in [6, 6.07) is 15.3. The van der Waals surface area contributed by atoms with Gasteiger partial charge in [-0.3, -0.25) is 14.2 Å². The van der Waals surface area contributed by atoms with Crippen molar-refractivity contribution in [2.75, 3.05) is 0 Å². The number of alkyl halides is 2. The highest BCUT2D eigenvalue weighted by molar-refractivity contribution is 7.07. The normalized spacial score (nSPS) is 13.2. The van der Waals surface area contributed by atoms with Gasteiger partial charge in [-0.2, -0.15) is 14.0 Å². The van der Waals surface area contributed by atoms with Gasteiger partial charge in [-0.15, -0.1) is 11.3 Å². The van der Waals surface area contributed by atoms with Gasteiger partial charge in [-0.25, -0.2) is 0 Å². The zero-order valence-electron chi connectivity index (χ0n) is 20.1. The molecular formula is C27H26F2N2O3S. The molecule has 35 heavy (non-hydrogen) atoms. The highest BCUT2D eigenvalue weighted by atomic mass is 32.1. The summed E-state index contributed by atoms with van der Waals surface area (Å²) in [4.78, 5) is 26.6. The summed E-state index contributed by atoms with van der Waals surface area (Å²) in [6.45, 7) is 6.35. The number of hydrogen-bond donors (Lipinski definition) is 0. The van der Waals surface area contributed by atoms with Gasteiger partial charge in [0.25, 0.3) is 5.56 Å². The monoisotopic (exact) mass is 496 g/mol. The maximum atomic E-state index is 13.5. The van der Waals surface area contributed by atoms with Crippen molar-refractivity contribution in [3.8, 4) is 17.5 Å². The Bertz CT molecular complexity index is 1440. The van der Waals surface area contributed by atoms with E-state index in [1.807, 2.05) is 18.2 Å². The fourth-order valence-corrected chi connectivity index (χ4v) is 4.46. The average Bonchev–Trinajstić information content (AvgIpc) is 3.10. The number of carbonyl (C=O) groups is 1. The second-order valence-electron chi connectivity index (χ2n) is 9.32. The molecule has 0 spiro atoms. The van der Waals surface area contributed by atoms with E-state index in [4.69, 9.17) is 0 Å². The van der Waals surface area contributed by atoms with Crippen molar-refractivity contribution in [3.05, 3.63) is 79.2 Å². The van der Waals surface area contributed by atoms with Crippen molar-refractivity contribution >= 4 is 28.8 Å². The molecule has 0 radical (unpaired) electrons. The largest absolute Gasteiger partial charge is 0.435 e. The van der Waals surface area contributed by atoms with E-state index in [-0.39, 0.29) is 27.3 Å². The number of halogens is 2. The van der Waals surface area contributed by atoms with E-state index in [0.717, 1.165) is 16.9 Å². The predicted molar refractivity (Wildman–Crippen MR) is 133 cm³/mol. The number of aromatic nitrogens is 1. The molecule has 8 heteroatoms. The zero-order valence-corrected chi connectivity index (χ0v) is 21.0. The number of hydrogen-bond acceptors (Lipinski definition) is 5. The minimum Gasteiger partial charge on any atom is -0.435 e. The van der Waals surface area contributed by atoms with Gasteiger partial charge in [0.05, 0.1) is 10.2 Å². The van der Waals surface area contributed by atoms with E-state index in [2.05, 4.69) is 18.6 Å². The van der Waals surface area contributed by atoms with Gasteiger partial charge in [0.1, 0.15) is 22.1 Å². The first kappa shape index (κ1) is 26.0. The predicted octanol–water partition coefficient (Wildman–Crippen LogP) is 4.74. The molecule has 0 atom stereocenters. The molecule has 0 bridgehead atoms. The van der Waals surface area contributed by atoms with Crippen LogP contribution in [0, 0.1) is 16.7 Å². The number of Topliss-reactive ketones (excluding diaryl/α,β-unsaturated/α-hetero) is 1. The quantitative estimate of drug-likeness (QED) is 0.494. The van der Waals surface area contributed by atoms with Crippen LogP contribution in [0.1, 0.15) is 51.7 Å². The minimum atomic E-state index is -2.93. The lowest BCUT2D eigenvalue weighted by Gasteiger charge is -2.15. The molecule has 182 valence electrons. The fraction of sp³-hybridized carbons (Fsp3) is 0.296. The number of ketones is 1. The highest BCUT2D eigenvalue weighted by Crippen LogP contribution is 2.21. The van der Waals surface area contributed by atoms with E-state index in [9.17, 15) is 23.6 Å². The summed E-state index contributed by atoms with van der Waals surface area (Å²) in [5.41, 5.74) is 0.922. The summed E-state index contributed by atoms with van der Waals surface area (Å²) in [6.07, 6.45) is 1.60. The molecule has 0 N–H and O–H groups in total. The Morgan fingerprint density at radius 2 is 1.69 bits per heavy atom. The van der Waals surface area contributed by atoms with Gasteiger partial charge in [-0.05, 0) is 47.4 Å². The molecule has 0 amide bonds. The minimum absolute atomic E-state index is 0.00236.